The van der Waals surface area contributed by atoms with Crippen molar-refractivity contribution in [3.63, 3.8) is 0 Å². The quantitative estimate of drug-likeness (QED) is 0.530. The van der Waals surface area contributed by atoms with E-state index in [0.29, 0.717) is 27.2 Å². The monoisotopic (exact) mass is 464 g/mol. The van der Waals surface area contributed by atoms with Crippen LogP contribution in [0.4, 0.5) is 5.69 Å². The smallest absolute Gasteiger partial charge is 0.238 e. The lowest BCUT2D eigenvalue weighted by atomic mass is 10.2. The van der Waals surface area contributed by atoms with Crippen molar-refractivity contribution in [1.29, 1.82) is 0 Å². The highest BCUT2D eigenvalue weighted by Crippen LogP contribution is 2.32. The second-order valence-corrected chi connectivity index (χ2v) is 8.25. The standard InChI is InChI=1S/C19H14Cl2N4O4S/c20-12-3-2-11(6-13(12)21)23-18(27)16-7-17(26)24-19(30-16)25-22-8-10-1-4-14-15(5-10)29-9-28-14/h1-6,8,16H,7,9H2,(H,23,27)(H,24,25,26)/b22-8-/t16-/m1/s1. The predicted molar refractivity (Wildman–Crippen MR) is 117 cm³/mol. The highest BCUT2D eigenvalue weighted by molar-refractivity contribution is 8.15. The van der Waals surface area contributed by atoms with Gasteiger partial charge in [-0.15, -0.1) is 5.10 Å². The average Bonchev–Trinajstić information content (AvgIpc) is 3.18. The average molecular weight is 465 g/mol. The van der Waals surface area contributed by atoms with Gasteiger partial charge in [-0.05, 0) is 42.0 Å². The van der Waals surface area contributed by atoms with Crippen molar-refractivity contribution in [3.05, 3.63) is 52.0 Å². The number of thioether (sulfide) groups is 1. The maximum atomic E-state index is 12.6. The molecule has 154 valence electrons. The second kappa shape index (κ2) is 8.95. The number of nitrogens with zero attached hydrogens (tertiary/aromatic N) is 2. The lowest BCUT2D eigenvalue weighted by molar-refractivity contribution is -0.123. The number of rotatable bonds is 4. The van der Waals surface area contributed by atoms with Crippen LogP contribution in [0.2, 0.25) is 10.0 Å². The highest BCUT2D eigenvalue weighted by Gasteiger charge is 2.30. The summed E-state index contributed by atoms with van der Waals surface area (Å²) in [5.41, 5.74) is 1.24. The van der Waals surface area contributed by atoms with Crippen molar-refractivity contribution < 1.29 is 19.1 Å². The van der Waals surface area contributed by atoms with Crippen LogP contribution in [-0.4, -0.2) is 35.2 Å². The van der Waals surface area contributed by atoms with Gasteiger partial charge in [0.1, 0.15) is 5.25 Å². The number of anilines is 1. The van der Waals surface area contributed by atoms with Gasteiger partial charge >= 0.3 is 0 Å². The molecule has 0 spiro atoms. The molecule has 0 aromatic heterocycles. The van der Waals surface area contributed by atoms with E-state index in [1.54, 1.807) is 36.4 Å². The Bertz CT molecular complexity index is 1080. The van der Waals surface area contributed by atoms with Gasteiger partial charge in [0.05, 0.1) is 16.3 Å². The number of amides is 2. The normalized spacial score (nSPS) is 19.2. The Balaban J connectivity index is 1.41. The first kappa shape index (κ1) is 20.5. The van der Waals surface area contributed by atoms with E-state index in [9.17, 15) is 9.59 Å². The summed E-state index contributed by atoms with van der Waals surface area (Å²) >= 11 is 13.0. The SMILES string of the molecule is O=C1C[C@H](C(=O)Nc2ccc(Cl)c(Cl)c2)SC(=N/N=C\c2ccc3c(c2)OCO3)N1. The van der Waals surface area contributed by atoms with E-state index in [1.165, 1.54) is 6.21 Å². The minimum atomic E-state index is -0.660. The van der Waals surface area contributed by atoms with E-state index in [-0.39, 0.29) is 30.2 Å². The second-order valence-electron chi connectivity index (χ2n) is 6.24. The van der Waals surface area contributed by atoms with E-state index in [1.807, 2.05) is 0 Å². The number of ether oxygens (including phenoxy) is 2. The molecule has 1 atom stereocenters. The lowest BCUT2D eigenvalue weighted by Gasteiger charge is -2.21. The fourth-order valence-electron chi connectivity index (χ4n) is 2.68. The van der Waals surface area contributed by atoms with E-state index in [4.69, 9.17) is 32.7 Å². The fraction of sp³-hybridized carbons (Fsp3) is 0.158. The molecule has 0 aliphatic carbocycles. The molecule has 1 fully saturated rings. The molecular formula is C19H14Cl2N4O4S. The third kappa shape index (κ3) is 4.86. The molecule has 2 aromatic carbocycles. The fourth-order valence-corrected chi connectivity index (χ4v) is 3.91. The number of benzene rings is 2. The Kier molecular flexibility index (Phi) is 6.12. The summed E-state index contributed by atoms with van der Waals surface area (Å²) in [4.78, 5) is 24.5. The maximum Gasteiger partial charge on any atom is 0.238 e. The summed E-state index contributed by atoms with van der Waals surface area (Å²) in [5, 5.41) is 13.6. The molecule has 8 nitrogen and oxygen atoms in total. The van der Waals surface area contributed by atoms with Crippen LogP contribution in [-0.2, 0) is 9.59 Å². The molecule has 2 aromatic rings. The van der Waals surface area contributed by atoms with Gasteiger partial charge in [-0.25, -0.2) is 0 Å². The Morgan fingerprint density at radius 2 is 2.00 bits per heavy atom. The number of hydrogen-bond acceptors (Lipinski definition) is 7. The summed E-state index contributed by atoms with van der Waals surface area (Å²) < 4.78 is 10.6. The molecule has 2 heterocycles. The summed E-state index contributed by atoms with van der Waals surface area (Å²) in [6.07, 6.45) is 1.53. The van der Waals surface area contributed by atoms with Crippen LogP contribution in [0.15, 0.2) is 46.6 Å². The van der Waals surface area contributed by atoms with Gasteiger partial charge < -0.3 is 20.1 Å². The van der Waals surface area contributed by atoms with Crippen molar-refractivity contribution in [2.75, 3.05) is 12.1 Å². The third-order valence-electron chi connectivity index (χ3n) is 4.10. The zero-order valence-corrected chi connectivity index (χ0v) is 17.6. The molecule has 2 aliphatic rings. The molecule has 0 radical (unpaired) electrons. The van der Waals surface area contributed by atoms with E-state index >= 15 is 0 Å². The number of carbonyl (C=O) groups excluding carboxylic acids is 2. The predicted octanol–water partition coefficient (Wildman–Crippen LogP) is 3.67. The zero-order chi connectivity index (χ0) is 21.1. The van der Waals surface area contributed by atoms with Crippen LogP contribution in [0.25, 0.3) is 0 Å². The molecule has 0 bridgehead atoms. The van der Waals surface area contributed by atoms with Crippen LogP contribution in [0.5, 0.6) is 11.5 Å². The largest absolute Gasteiger partial charge is 0.454 e. The van der Waals surface area contributed by atoms with Gasteiger partial charge in [0, 0.05) is 12.1 Å². The van der Waals surface area contributed by atoms with E-state index < -0.39 is 5.25 Å². The molecule has 2 amide bonds. The van der Waals surface area contributed by atoms with Gasteiger partial charge in [0.15, 0.2) is 16.7 Å². The molecule has 0 unspecified atom stereocenters. The summed E-state index contributed by atoms with van der Waals surface area (Å²) in [6.45, 7) is 0.187. The van der Waals surface area contributed by atoms with Gasteiger partial charge in [-0.3, -0.25) is 9.59 Å². The molecule has 2 N–H and O–H groups in total. The molecule has 2 aliphatic heterocycles. The van der Waals surface area contributed by atoms with Crippen molar-refractivity contribution in [2.24, 2.45) is 10.2 Å². The minimum Gasteiger partial charge on any atom is -0.454 e. The van der Waals surface area contributed by atoms with Crippen molar-refractivity contribution in [1.82, 2.24) is 5.32 Å². The number of halogens is 2. The number of nitrogens with one attached hydrogen (secondary N) is 2. The number of amidine groups is 1. The topological polar surface area (TPSA) is 101 Å². The number of carbonyl (C=O) groups is 2. The minimum absolute atomic E-state index is 0.0166. The lowest BCUT2D eigenvalue weighted by Crippen LogP contribution is -2.41. The third-order valence-corrected chi connectivity index (χ3v) is 5.91. The molecular weight excluding hydrogens is 451 g/mol. The first-order valence-electron chi connectivity index (χ1n) is 8.71. The number of fused-ring (bicyclic) bond motifs is 1. The van der Waals surface area contributed by atoms with Gasteiger partial charge in [-0.1, -0.05) is 35.0 Å². The van der Waals surface area contributed by atoms with Crippen LogP contribution < -0.4 is 20.1 Å². The van der Waals surface area contributed by atoms with E-state index in [0.717, 1.165) is 17.3 Å². The van der Waals surface area contributed by atoms with Crippen molar-refractivity contribution >= 4 is 63.8 Å². The molecule has 1 saturated heterocycles. The van der Waals surface area contributed by atoms with Crippen LogP contribution in [0.1, 0.15) is 12.0 Å². The van der Waals surface area contributed by atoms with Crippen LogP contribution in [0, 0.1) is 0 Å². The first-order chi connectivity index (χ1) is 14.5. The number of hydrogen-bond donors (Lipinski definition) is 2. The highest BCUT2D eigenvalue weighted by atomic mass is 35.5. The van der Waals surface area contributed by atoms with Crippen molar-refractivity contribution in [2.45, 2.75) is 11.7 Å². The van der Waals surface area contributed by atoms with Crippen LogP contribution >= 0.6 is 35.0 Å². The Hall–Kier alpha value is -2.75. The summed E-state index contributed by atoms with van der Waals surface area (Å²) in [5.74, 6) is 0.635. The first-order valence-corrected chi connectivity index (χ1v) is 10.3. The molecule has 30 heavy (non-hydrogen) atoms. The van der Waals surface area contributed by atoms with E-state index in [2.05, 4.69) is 20.8 Å². The summed E-state index contributed by atoms with van der Waals surface area (Å²) in [6, 6.07) is 10.1. The Labute approximate surface area is 185 Å². The molecule has 4 rings (SSSR count). The van der Waals surface area contributed by atoms with Crippen LogP contribution in [0.3, 0.4) is 0 Å². The Morgan fingerprint density at radius 3 is 2.83 bits per heavy atom. The maximum absolute atomic E-state index is 12.6. The van der Waals surface area contributed by atoms with Gasteiger partial charge in [-0.2, -0.15) is 5.10 Å². The molecule has 0 saturated carbocycles. The van der Waals surface area contributed by atoms with Gasteiger partial charge in [0.25, 0.3) is 0 Å². The molecule has 11 heteroatoms. The van der Waals surface area contributed by atoms with Gasteiger partial charge in [0.2, 0.25) is 18.6 Å². The Morgan fingerprint density at radius 1 is 1.17 bits per heavy atom. The van der Waals surface area contributed by atoms with Crippen molar-refractivity contribution in [3.8, 4) is 11.5 Å². The zero-order valence-electron chi connectivity index (χ0n) is 15.2. The summed E-state index contributed by atoms with van der Waals surface area (Å²) in [7, 11) is 0.